The van der Waals surface area contributed by atoms with E-state index in [4.69, 9.17) is 11.6 Å². The number of fused-ring (bicyclic) bond motifs is 1. The Morgan fingerprint density at radius 1 is 1.14 bits per heavy atom. The Bertz CT molecular complexity index is 827. The first-order chi connectivity index (χ1) is 9.88. The van der Waals surface area contributed by atoms with Crippen LogP contribution in [0, 0.1) is 5.21 Å². The predicted octanol–water partition coefficient (Wildman–Crippen LogP) is 4.14. The van der Waals surface area contributed by atoms with Gasteiger partial charge in [0.05, 0.1) is 27.1 Å². The molecule has 0 saturated carbocycles. The lowest BCUT2D eigenvalue weighted by molar-refractivity contribution is -0.592. The molecular weight excluding hydrogens is 305 g/mol. The molecule has 0 unspecified atom stereocenters. The minimum atomic E-state index is -4.48. The molecule has 0 saturated heterocycles. The zero-order valence-corrected chi connectivity index (χ0v) is 11.2. The van der Waals surface area contributed by atoms with Gasteiger partial charge in [0, 0.05) is 12.3 Å². The topological polar surface area (TPSA) is 42.7 Å². The molecule has 7 heteroatoms. The van der Waals surface area contributed by atoms with Gasteiger partial charge in [-0.1, -0.05) is 11.6 Å². The SMILES string of the molecule is [O-][n+]1ccc2[nH]ccc2c1-c1ccc(C(F)(F)F)cc1Cl. The first kappa shape index (κ1) is 13.8. The molecule has 0 aliphatic carbocycles. The summed E-state index contributed by atoms with van der Waals surface area (Å²) >= 11 is 5.95. The molecular formula is C14H8ClF3N2O. The first-order valence-electron chi connectivity index (χ1n) is 5.94. The highest BCUT2D eigenvalue weighted by Crippen LogP contribution is 2.36. The van der Waals surface area contributed by atoms with Crippen molar-refractivity contribution in [3.8, 4) is 11.3 Å². The van der Waals surface area contributed by atoms with Crippen LogP contribution in [-0.2, 0) is 6.18 Å². The third-order valence-electron chi connectivity index (χ3n) is 3.18. The van der Waals surface area contributed by atoms with Crippen molar-refractivity contribution in [2.24, 2.45) is 0 Å². The van der Waals surface area contributed by atoms with E-state index in [9.17, 15) is 18.4 Å². The molecule has 21 heavy (non-hydrogen) atoms. The number of aromatic nitrogens is 2. The van der Waals surface area contributed by atoms with Gasteiger partial charge >= 0.3 is 6.18 Å². The highest BCUT2D eigenvalue weighted by molar-refractivity contribution is 6.33. The van der Waals surface area contributed by atoms with Crippen molar-refractivity contribution in [1.29, 1.82) is 0 Å². The molecule has 3 nitrogen and oxygen atoms in total. The van der Waals surface area contributed by atoms with Crippen molar-refractivity contribution in [3.05, 3.63) is 58.5 Å². The molecule has 108 valence electrons. The number of pyridine rings is 1. The summed E-state index contributed by atoms with van der Waals surface area (Å²) < 4.78 is 38.6. The van der Waals surface area contributed by atoms with E-state index >= 15 is 0 Å². The van der Waals surface area contributed by atoms with Gasteiger partial charge in [0.25, 0.3) is 0 Å². The lowest BCUT2D eigenvalue weighted by Gasteiger charge is -2.10. The van der Waals surface area contributed by atoms with Crippen LogP contribution in [0.1, 0.15) is 5.56 Å². The predicted molar refractivity (Wildman–Crippen MR) is 72.7 cm³/mol. The van der Waals surface area contributed by atoms with Crippen molar-refractivity contribution in [1.82, 2.24) is 4.98 Å². The fourth-order valence-electron chi connectivity index (χ4n) is 2.21. The number of nitrogens with zero attached hydrogens (tertiary/aromatic N) is 1. The van der Waals surface area contributed by atoms with E-state index < -0.39 is 11.7 Å². The summed E-state index contributed by atoms with van der Waals surface area (Å²) in [6.07, 6.45) is -1.55. The van der Waals surface area contributed by atoms with Crippen molar-refractivity contribution >= 4 is 22.5 Å². The zero-order valence-electron chi connectivity index (χ0n) is 10.4. The number of halogens is 4. The molecule has 0 spiro atoms. The van der Waals surface area contributed by atoms with Crippen LogP contribution in [0.3, 0.4) is 0 Å². The number of aromatic amines is 1. The Labute approximate surface area is 122 Å². The standard InChI is InChI=1S/C14H8ClF3N2O/c15-11-7-8(14(16,17)18)1-2-9(11)13-10-3-5-19-12(10)4-6-20(13)21/h1-7,19H. The minimum Gasteiger partial charge on any atom is -0.618 e. The van der Waals surface area contributed by atoms with Crippen LogP contribution < -0.4 is 4.73 Å². The fourth-order valence-corrected chi connectivity index (χ4v) is 2.48. The average Bonchev–Trinajstić information content (AvgIpc) is 2.86. The molecule has 0 fully saturated rings. The second kappa shape index (κ2) is 4.66. The van der Waals surface area contributed by atoms with E-state index in [1.54, 1.807) is 18.3 Å². The summed E-state index contributed by atoms with van der Waals surface area (Å²) in [4.78, 5) is 2.94. The molecule has 0 radical (unpaired) electrons. The summed E-state index contributed by atoms with van der Waals surface area (Å²) in [6.45, 7) is 0. The zero-order chi connectivity index (χ0) is 15.2. The van der Waals surface area contributed by atoms with E-state index in [1.165, 1.54) is 12.3 Å². The van der Waals surface area contributed by atoms with Gasteiger partial charge in [0.1, 0.15) is 0 Å². The van der Waals surface area contributed by atoms with Gasteiger partial charge in [-0.2, -0.15) is 17.9 Å². The van der Waals surface area contributed by atoms with Gasteiger partial charge in [0.2, 0.25) is 5.69 Å². The van der Waals surface area contributed by atoms with E-state index in [0.29, 0.717) is 15.6 Å². The van der Waals surface area contributed by atoms with Gasteiger partial charge in [-0.25, -0.2) is 0 Å². The van der Waals surface area contributed by atoms with Gasteiger partial charge < -0.3 is 10.2 Å². The van der Waals surface area contributed by atoms with Crippen LogP contribution in [0.25, 0.3) is 22.2 Å². The Balaban J connectivity index is 2.24. The lowest BCUT2D eigenvalue weighted by atomic mass is 10.1. The number of nitrogens with one attached hydrogen (secondary N) is 1. The van der Waals surface area contributed by atoms with Crippen molar-refractivity contribution in [2.45, 2.75) is 6.18 Å². The molecule has 1 aromatic carbocycles. The number of H-pyrrole nitrogens is 1. The third-order valence-corrected chi connectivity index (χ3v) is 3.50. The largest absolute Gasteiger partial charge is 0.618 e. The van der Waals surface area contributed by atoms with Crippen LogP contribution in [0.5, 0.6) is 0 Å². The Morgan fingerprint density at radius 2 is 1.90 bits per heavy atom. The molecule has 0 aliphatic heterocycles. The summed E-state index contributed by atoms with van der Waals surface area (Å²) in [7, 11) is 0. The van der Waals surface area contributed by atoms with Gasteiger partial charge in [0.15, 0.2) is 6.20 Å². The molecule has 2 aromatic heterocycles. The van der Waals surface area contributed by atoms with Gasteiger partial charge in [-0.3, -0.25) is 0 Å². The normalized spacial score (nSPS) is 12.0. The maximum absolute atomic E-state index is 12.7. The van der Waals surface area contributed by atoms with Crippen LogP contribution in [0.15, 0.2) is 42.7 Å². The Hall–Kier alpha value is -2.21. The number of benzene rings is 1. The maximum Gasteiger partial charge on any atom is 0.416 e. The number of rotatable bonds is 1. The smallest absolute Gasteiger partial charge is 0.416 e. The Kier molecular flexibility index (Phi) is 3.06. The first-order valence-corrected chi connectivity index (χ1v) is 6.32. The highest BCUT2D eigenvalue weighted by atomic mass is 35.5. The van der Waals surface area contributed by atoms with Gasteiger partial charge in [-0.15, -0.1) is 0 Å². The van der Waals surface area contributed by atoms with E-state index in [2.05, 4.69) is 4.98 Å². The quantitative estimate of drug-likeness (QED) is 0.532. The molecule has 0 atom stereocenters. The van der Waals surface area contributed by atoms with Crippen LogP contribution in [0.2, 0.25) is 5.02 Å². The van der Waals surface area contributed by atoms with Crippen molar-refractivity contribution < 1.29 is 17.9 Å². The second-order valence-electron chi connectivity index (χ2n) is 4.49. The highest BCUT2D eigenvalue weighted by Gasteiger charge is 2.31. The van der Waals surface area contributed by atoms with Crippen molar-refractivity contribution in [3.63, 3.8) is 0 Å². The monoisotopic (exact) mass is 312 g/mol. The Morgan fingerprint density at radius 3 is 2.57 bits per heavy atom. The average molecular weight is 313 g/mol. The molecule has 0 aliphatic rings. The summed E-state index contributed by atoms with van der Waals surface area (Å²) in [6, 6.07) is 6.20. The van der Waals surface area contributed by atoms with Crippen molar-refractivity contribution in [2.75, 3.05) is 0 Å². The fraction of sp³-hybridized carbons (Fsp3) is 0.0714. The van der Waals surface area contributed by atoms with E-state index in [1.807, 2.05) is 0 Å². The van der Waals surface area contributed by atoms with Crippen LogP contribution in [-0.4, -0.2) is 4.98 Å². The van der Waals surface area contributed by atoms with E-state index in [0.717, 1.165) is 12.1 Å². The molecule has 3 rings (SSSR count). The molecule has 2 heterocycles. The maximum atomic E-state index is 12.7. The molecule has 0 amide bonds. The van der Waals surface area contributed by atoms with Crippen LogP contribution in [0.4, 0.5) is 13.2 Å². The summed E-state index contributed by atoms with van der Waals surface area (Å²) in [5.74, 6) is 0. The molecule has 0 bridgehead atoms. The van der Waals surface area contributed by atoms with E-state index in [-0.39, 0.29) is 16.3 Å². The van der Waals surface area contributed by atoms with Gasteiger partial charge in [-0.05, 0) is 24.3 Å². The number of hydrogen-bond acceptors (Lipinski definition) is 1. The number of hydrogen-bond donors (Lipinski definition) is 1. The summed E-state index contributed by atoms with van der Waals surface area (Å²) in [5.41, 5.74) is 0.320. The third kappa shape index (κ3) is 2.31. The number of alkyl halides is 3. The molecule has 3 aromatic rings. The summed E-state index contributed by atoms with van der Waals surface area (Å²) in [5, 5.41) is 12.5. The molecule has 1 N–H and O–H groups in total. The lowest BCUT2D eigenvalue weighted by Crippen LogP contribution is -2.28. The van der Waals surface area contributed by atoms with Crippen LogP contribution >= 0.6 is 11.6 Å². The minimum absolute atomic E-state index is 0.122. The second-order valence-corrected chi connectivity index (χ2v) is 4.89.